The number of hydrogen-bond acceptors (Lipinski definition) is 5. The van der Waals surface area contributed by atoms with Gasteiger partial charge in [0.25, 0.3) is 0 Å². The number of ether oxygens (including phenoxy) is 2. The van der Waals surface area contributed by atoms with Crippen LogP contribution in [-0.2, 0) is 22.6 Å². The fourth-order valence-corrected chi connectivity index (χ4v) is 3.94. The zero-order valence-electron chi connectivity index (χ0n) is 19.7. The molecule has 0 bridgehead atoms. The van der Waals surface area contributed by atoms with Crippen molar-refractivity contribution in [2.45, 2.75) is 51.9 Å². The van der Waals surface area contributed by atoms with Crippen molar-refractivity contribution in [3.63, 3.8) is 0 Å². The fraction of sp³-hybridized carbons (Fsp3) is 0.652. The largest absolute Gasteiger partial charge is 0.444 e. The van der Waals surface area contributed by atoms with E-state index in [0.717, 1.165) is 51.8 Å². The summed E-state index contributed by atoms with van der Waals surface area (Å²) in [7, 11) is 1.80. The molecule has 0 radical (unpaired) electrons. The third-order valence-electron chi connectivity index (χ3n) is 5.47. The van der Waals surface area contributed by atoms with Crippen molar-refractivity contribution < 1.29 is 14.3 Å². The van der Waals surface area contributed by atoms with Gasteiger partial charge < -0.3 is 25.0 Å². The Morgan fingerprint density at radius 1 is 1.19 bits per heavy atom. The monoisotopic (exact) mass is 559 g/mol. The number of amides is 1. The van der Waals surface area contributed by atoms with Gasteiger partial charge >= 0.3 is 6.09 Å². The first-order valence-corrected chi connectivity index (χ1v) is 11.2. The van der Waals surface area contributed by atoms with Crippen LogP contribution in [0.1, 0.15) is 38.3 Å². The summed E-state index contributed by atoms with van der Waals surface area (Å²) in [6, 6.07) is 8.61. The van der Waals surface area contributed by atoms with Crippen LogP contribution in [0.5, 0.6) is 0 Å². The molecule has 1 unspecified atom stereocenters. The Balaban J connectivity index is 0.00000363. The van der Waals surface area contributed by atoms with Crippen molar-refractivity contribution in [3.8, 4) is 0 Å². The maximum Gasteiger partial charge on any atom is 0.407 e. The number of morpholine rings is 1. The number of aliphatic imine (C=N–C) groups is 1. The molecule has 1 atom stereocenters. The number of likely N-dealkylation sites (tertiary alicyclic amines) is 1. The number of guanidine groups is 1. The lowest BCUT2D eigenvalue weighted by Gasteiger charge is -2.28. The van der Waals surface area contributed by atoms with Gasteiger partial charge in [-0.1, -0.05) is 24.3 Å². The van der Waals surface area contributed by atoms with Gasteiger partial charge in [0.15, 0.2) is 5.96 Å². The van der Waals surface area contributed by atoms with Crippen LogP contribution in [0.15, 0.2) is 29.3 Å². The highest BCUT2D eigenvalue weighted by Crippen LogP contribution is 2.15. The predicted octanol–water partition coefficient (Wildman–Crippen LogP) is 2.81. The SMILES string of the molecule is CN=C(NCc1ccccc1CN1CCOCC1)N1CCC(NC(=O)OC(C)(C)C)C1.I. The lowest BCUT2D eigenvalue weighted by molar-refractivity contribution is 0.0340. The summed E-state index contributed by atoms with van der Waals surface area (Å²) < 4.78 is 10.8. The van der Waals surface area contributed by atoms with Crippen molar-refractivity contribution in [1.29, 1.82) is 0 Å². The standard InChI is InChI=1S/C23H37N5O3.HI/c1-23(2,3)31-22(29)26-20-9-10-28(17-20)21(24-4)25-15-18-7-5-6-8-19(18)16-27-11-13-30-14-12-27;/h5-8,20H,9-17H2,1-4H3,(H,24,25)(H,26,29);1H. The van der Waals surface area contributed by atoms with Crippen molar-refractivity contribution >= 4 is 36.0 Å². The Bertz CT molecular complexity index is 762. The lowest BCUT2D eigenvalue weighted by Crippen LogP contribution is -2.44. The van der Waals surface area contributed by atoms with Gasteiger partial charge in [-0.05, 0) is 38.3 Å². The highest BCUT2D eigenvalue weighted by Gasteiger charge is 2.28. The first-order valence-electron chi connectivity index (χ1n) is 11.2. The number of nitrogens with one attached hydrogen (secondary N) is 2. The topological polar surface area (TPSA) is 78.4 Å². The number of hydrogen-bond donors (Lipinski definition) is 2. The number of halogens is 1. The van der Waals surface area contributed by atoms with E-state index < -0.39 is 5.60 Å². The molecule has 0 spiro atoms. The highest BCUT2D eigenvalue weighted by molar-refractivity contribution is 14.0. The molecular weight excluding hydrogens is 521 g/mol. The molecule has 2 saturated heterocycles. The van der Waals surface area contributed by atoms with Gasteiger partial charge in [-0.3, -0.25) is 9.89 Å². The molecule has 8 nitrogen and oxygen atoms in total. The summed E-state index contributed by atoms with van der Waals surface area (Å²) >= 11 is 0. The molecular formula is C23H38IN5O3. The average molecular weight is 559 g/mol. The minimum Gasteiger partial charge on any atom is -0.444 e. The maximum absolute atomic E-state index is 12.1. The van der Waals surface area contributed by atoms with E-state index in [0.29, 0.717) is 13.1 Å². The van der Waals surface area contributed by atoms with Gasteiger partial charge in [0.2, 0.25) is 0 Å². The van der Waals surface area contributed by atoms with Gasteiger partial charge in [0.05, 0.1) is 19.3 Å². The normalized spacial score (nSPS) is 19.9. The molecule has 1 aromatic carbocycles. The van der Waals surface area contributed by atoms with E-state index in [9.17, 15) is 4.79 Å². The van der Waals surface area contributed by atoms with Crippen LogP contribution in [0.4, 0.5) is 4.79 Å². The van der Waals surface area contributed by atoms with Crippen LogP contribution in [-0.4, -0.2) is 79.9 Å². The van der Waals surface area contributed by atoms with E-state index in [1.54, 1.807) is 7.05 Å². The Hall–Kier alpha value is -1.59. The minimum atomic E-state index is -0.491. The van der Waals surface area contributed by atoms with Gasteiger partial charge in [-0.15, -0.1) is 24.0 Å². The molecule has 2 aliphatic heterocycles. The van der Waals surface area contributed by atoms with Gasteiger partial charge in [-0.2, -0.15) is 0 Å². The molecule has 9 heteroatoms. The van der Waals surface area contributed by atoms with Crippen LogP contribution < -0.4 is 10.6 Å². The number of rotatable bonds is 5. The smallest absolute Gasteiger partial charge is 0.407 e. The minimum absolute atomic E-state index is 0. The number of carbonyl (C=O) groups excluding carboxylic acids is 1. The van der Waals surface area contributed by atoms with Crippen LogP contribution in [0.3, 0.4) is 0 Å². The van der Waals surface area contributed by atoms with E-state index >= 15 is 0 Å². The highest BCUT2D eigenvalue weighted by atomic mass is 127. The van der Waals surface area contributed by atoms with Crippen LogP contribution in [0, 0.1) is 0 Å². The second-order valence-electron chi connectivity index (χ2n) is 9.14. The molecule has 0 aliphatic carbocycles. The lowest BCUT2D eigenvalue weighted by atomic mass is 10.1. The molecule has 1 aromatic rings. The summed E-state index contributed by atoms with van der Waals surface area (Å²) in [6.07, 6.45) is 0.507. The first kappa shape index (κ1) is 26.7. The molecule has 1 amide bonds. The second-order valence-corrected chi connectivity index (χ2v) is 9.14. The second kappa shape index (κ2) is 12.6. The molecule has 32 heavy (non-hydrogen) atoms. The molecule has 0 saturated carbocycles. The Labute approximate surface area is 209 Å². The van der Waals surface area contributed by atoms with E-state index in [2.05, 4.69) is 49.7 Å². The number of benzene rings is 1. The average Bonchev–Trinajstić information content (AvgIpc) is 3.17. The molecule has 2 fully saturated rings. The molecule has 2 heterocycles. The Morgan fingerprint density at radius 2 is 1.88 bits per heavy atom. The summed E-state index contributed by atoms with van der Waals surface area (Å²) in [5.41, 5.74) is 2.12. The van der Waals surface area contributed by atoms with Crippen molar-refractivity contribution in [2.24, 2.45) is 4.99 Å². The zero-order chi connectivity index (χ0) is 22.3. The summed E-state index contributed by atoms with van der Waals surface area (Å²) in [5, 5.41) is 6.48. The third kappa shape index (κ3) is 8.40. The molecule has 180 valence electrons. The quantitative estimate of drug-likeness (QED) is 0.329. The van der Waals surface area contributed by atoms with Crippen molar-refractivity contribution in [3.05, 3.63) is 35.4 Å². The van der Waals surface area contributed by atoms with Crippen molar-refractivity contribution in [2.75, 3.05) is 46.4 Å². The Kier molecular flexibility index (Phi) is 10.5. The van der Waals surface area contributed by atoms with E-state index in [1.165, 1.54) is 11.1 Å². The van der Waals surface area contributed by atoms with Gasteiger partial charge in [-0.25, -0.2) is 4.79 Å². The molecule has 3 rings (SSSR count). The predicted molar refractivity (Wildman–Crippen MR) is 137 cm³/mol. The Morgan fingerprint density at radius 3 is 2.53 bits per heavy atom. The summed E-state index contributed by atoms with van der Waals surface area (Å²) in [6.45, 7) is 12.4. The van der Waals surface area contributed by atoms with Crippen LogP contribution >= 0.6 is 24.0 Å². The van der Waals surface area contributed by atoms with Gasteiger partial charge in [0, 0.05) is 46.3 Å². The summed E-state index contributed by atoms with van der Waals surface area (Å²) in [4.78, 5) is 21.1. The summed E-state index contributed by atoms with van der Waals surface area (Å²) in [5.74, 6) is 0.856. The number of nitrogens with zero attached hydrogens (tertiary/aromatic N) is 3. The molecule has 2 N–H and O–H groups in total. The van der Waals surface area contributed by atoms with E-state index in [1.807, 2.05) is 20.8 Å². The maximum atomic E-state index is 12.1. The first-order chi connectivity index (χ1) is 14.8. The molecule has 0 aromatic heterocycles. The number of carbonyl (C=O) groups is 1. The number of alkyl carbamates (subject to hydrolysis) is 1. The van der Waals surface area contributed by atoms with Crippen LogP contribution in [0.2, 0.25) is 0 Å². The van der Waals surface area contributed by atoms with E-state index in [4.69, 9.17) is 9.47 Å². The molecule has 2 aliphatic rings. The van der Waals surface area contributed by atoms with Gasteiger partial charge in [0.1, 0.15) is 5.60 Å². The zero-order valence-corrected chi connectivity index (χ0v) is 22.1. The van der Waals surface area contributed by atoms with Crippen molar-refractivity contribution in [1.82, 2.24) is 20.4 Å². The van der Waals surface area contributed by atoms with E-state index in [-0.39, 0.29) is 36.1 Å². The fourth-order valence-electron chi connectivity index (χ4n) is 3.94. The van der Waals surface area contributed by atoms with Crippen LogP contribution in [0.25, 0.3) is 0 Å². The third-order valence-corrected chi connectivity index (χ3v) is 5.47.